The zero-order chi connectivity index (χ0) is 9.23. The van der Waals surface area contributed by atoms with Crippen LogP contribution < -0.4 is 0 Å². The number of nitrogens with zero attached hydrogens (tertiary/aromatic N) is 1. The fourth-order valence-electron chi connectivity index (χ4n) is 1.06. The van der Waals surface area contributed by atoms with E-state index in [1.807, 2.05) is 7.05 Å². The molecule has 0 saturated heterocycles. The van der Waals surface area contributed by atoms with Crippen molar-refractivity contribution < 1.29 is 4.39 Å². The number of terminal acetylenes is 1. The number of alkyl halides is 1. The van der Waals surface area contributed by atoms with E-state index in [4.69, 9.17) is 6.42 Å². The van der Waals surface area contributed by atoms with Crippen LogP contribution in [0.5, 0.6) is 0 Å². The van der Waals surface area contributed by atoms with Crippen molar-refractivity contribution in [2.45, 2.75) is 25.7 Å². The van der Waals surface area contributed by atoms with Crippen molar-refractivity contribution in [3.05, 3.63) is 0 Å². The third-order valence-electron chi connectivity index (χ3n) is 1.78. The molecular weight excluding hydrogens is 152 g/mol. The molecule has 0 aromatic rings. The monoisotopic (exact) mass is 170 g/mol. The van der Waals surface area contributed by atoms with E-state index >= 15 is 0 Å². The van der Waals surface area contributed by atoms with E-state index in [1.165, 1.54) is 0 Å². The van der Waals surface area contributed by atoms with E-state index in [0.29, 0.717) is 13.0 Å². The van der Waals surface area contributed by atoms with Crippen LogP contribution in [-0.2, 0) is 0 Å². The summed E-state index contributed by atoms with van der Waals surface area (Å²) in [6.07, 6.45) is 9.08. The maximum Gasteiger partial charge on any atom is 0.0894 e. The van der Waals surface area contributed by atoms with Crippen LogP contribution in [0.2, 0.25) is 0 Å². The SMILES string of the molecule is C#CCN(C)CCCCCC[18F]. The molecule has 0 aliphatic carbocycles. The molecule has 0 saturated carbocycles. The smallest absolute Gasteiger partial charge is 0.0894 e. The van der Waals surface area contributed by atoms with E-state index < -0.39 is 0 Å². The minimum atomic E-state index is -0.180. The van der Waals surface area contributed by atoms with Crippen molar-refractivity contribution in [1.29, 1.82) is 0 Å². The van der Waals surface area contributed by atoms with Gasteiger partial charge in [-0.2, -0.15) is 0 Å². The minimum absolute atomic E-state index is 0.180. The summed E-state index contributed by atoms with van der Waals surface area (Å²) in [7, 11) is 2.01. The average molecular weight is 170 g/mol. The Morgan fingerprint density at radius 1 is 1.25 bits per heavy atom. The number of hydrogen-bond donors (Lipinski definition) is 0. The van der Waals surface area contributed by atoms with Crippen molar-refractivity contribution in [2.24, 2.45) is 0 Å². The van der Waals surface area contributed by atoms with E-state index in [-0.39, 0.29) is 6.67 Å². The van der Waals surface area contributed by atoms with Gasteiger partial charge in [-0.25, -0.2) is 0 Å². The molecule has 0 fully saturated rings. The first kappa shape index (κ1) is 11.4. The van der Waals surface area contributed by atoms with Gasteiger partial charge in [0, 0.05) is 0 Å². The van der Waals surface area contributed by atoms with Crippen LogP contribution in [0.15, 0.2) is 0 Å². The Bertz CT molecular complexity index is 128. The van der Waals surface area contributed by atoms with Crippen LogP contribution in [-0.4, -0.2) is 31.7 Å². The normalized spacial score (nSPS) is 10.2. The van der Waals surface area contributed by atoms with E-state index in [9.17, 15) is 4.39 Å². The van der Waals surface area contributed by atoms with Gasteiger partial charge in [0.1, 0.15) is 0 Å². The molecule has 0 aliphatic heterocycles. The molecule has 12 heavy (non-hydrogen) atoms. The van der Waals surface area contributed by atoms with Gasteiger partial charge in [0.15, 0.2) is 0 Å². The molecular formula is C10H18FN. The van der Waals surface area contributed by atoms with E-state index in [1.54, 1.807) is 0 Å². The Morgan fingerprint density at radius 2 is 1.92 bits per heavy atom. The van der Waals surface area contributed by atoms with Gasteiger partial charge in [0.2, 0.25) is 0 Å². The molecule has 2 heteroatoms. The number of unbranched alkanes of at least 4 members (excludes halogenated alkanes) is 3. The Kier molecular flexibility index (Phi) is 8.15. The van der Waals surface area contributed by atoms with Crippen molar-refractivity contribution in [3.8, 4) is 12.3 Å². The molecule has 0 aromatic carbocycles. The van der Waals surface area contributed by atoms with Crippen LogP contribution in [0, 0.1) is 12.3 Å². The number of hydrogen-bond acceptors (Lipinski definition) is 1. The lowest BCUT2D eigenvalue weighted by Gasteiger charge is -2.11. The number of rotatable bonds is 7. The summed E-state index contributed by atoms with van der Waals surface area (Å²) in [5.74, 6) is 2.59. The summed E-state index contributed by atoms with van der Waals surface area (Å²) >= 11 is 0. The van der Waals surface area contributed by atoms with Crippen molar-refractivity contribution in [3.63, 3.8) is 0 Å². The van der Waals surface area contributed by atoms with Gasteiger partial charge in [0.25, 0.3) is 0 Å². The highest BCUT2D eigenvalue weighted by Crippen LogP contribution is 2.00. The van der Waals surface area contributed by atoms with Gasteiger partial charge in [-0.1, -0.05) is 18.8 Å². The third-order valence-corrected chi connectivity index (χ3v) is 1.78. The summed E-state index contributed by atoms with van der Waals surface area (Å²) < 4.78 is 11.7. The van der Waals surface area contributed by atoms with Gasteiger partial charge < -0.3 is 0 Å². The van der Waals surface area contributed by atoms with Gasteiger partial charge in [0.05, 0.1) is 13.2 Å². The Labute approximate surface area is 74.9 Å². The summed E-state index contributed by atoms with van der Waals surface area (Å²) in [6, 6.07) is 0. The first-order valence-corrected chi connectivity index (χ1v) is 4.49. The molecule has 0 atom stereocenters. The van der Waals surface area contributed by atoms with Crippen LogP contribution >= 0.6 is 0 Å². The number of halogens is 1. The molecule has 0 unspecified atom stereocenters. The van der Waals surface area contributed by atoms with Crippen molar-refractivity contribution >= 4 is 0 Å². The topological polar surface area (TPSA) is 3.24 Å². The third kappa shape index (κ3) is 7.56. The summed E-state index contributed by atoms with van der Waals surface area (Å²) in [5, 5.41) is 0. The maximum absolute atomic E-state index is 11.7. The Morgan fingerprint density at radius 3 is 2.50 bits per heavy atom. The lowest BCUT2D eigenvalue weighted by molar-refractivity contribution is 0.358. The van der Waals surface area contributed by atoms with Gasteiger partial charge in [-0.15, -0.1) is 6.42 Å². The average Bonchev–Trinajstić information content (AvgIpc) is 2.05. The second-order valence-corrected chi connectivity index (χ2v) is 3.05. The zero-order valence-corrected chi connectivity index (χ0v) is 7.85. The van der Waals surface area contributed by atoms with Crippen LogP contribution in [0.3, 0.4) is 0 Å². The highest BCUT2D eigenvalue weighted by atomic mass is 18.2. The molecule has 0 rings (SSSR count). The molecule has 0 aromatic heterocycles. The highest BCUT2D eigenvalue weighted by molar-refractivity contribution is 4.86. The zero-order valence-electron chi connectivity index (χ0n) is 7.85. The second kappa shape index (κ2) is 8.55. The largest absolute Gasteiger partial charge is 0.295 e. The van der Waals surface area contributed by atoms with Crippen molar-refractivity contribution in [2.75, 3.05) is 26.8 Å². The lowest BCUT2D eigenvalue weighted by Crippen LogP contribution is -2.19. The maximum atomic E-state index is 11.7. The van der Waals surface area contributed by atoms with Gasteiger partial charge in [-0.3, -0.25) is 9.29 Å². The standard InChI is InChI=1S/C10H18FN/c1-3-9-12(2)10-7-5-4-6-8-11/h1H,4-10H2,2H3/i11-1. The molecule has 0 amide bonds. The molecule has 70 valence electrons. The molecule has 0 heterocycles. The molecule has 1 nitrogen and oxygen atoms in total. The molecule has 0 spiro atoms. The Hall–Kier alpha value is -0.550. The first-order valence-electron chi connectivity index (χ1n) is 4.49. The van der Waals surface area contributed by atoms with Crippen LogP contribution in [0.4, 0.5) is 4.39 Å². The van der Waals surface area contributed by atoms with Crippen LogP contribution in [0.25, 0.3) is 0 Å². The molecule has 0 N–H and O–H groups in total. The van der Waals surface area contributed by atoms with Crippen molar-refractivity contribution in [1.82, 2.24) is 4.90 Å². The fraction of sp³-hybridized carbons (Fsp3) is 0.800. The molecule has 0 radical (unpaired) electrons. The summed E-state index contributed by atoms with van der Waals surface area (Å²) in [4.78, 5) is 2.11. The van der Waals surface area contributed by atoms with E-state index in [2.05, 4.69) is 10.8 Å². The fourth-order valence-corrected chi connectivity index (χ4v) is 1.06. The Balaban J connectivity index is 3.04. The minimum Gasteiger partial charge on any atom is -0.295 e. The second-order valence-electron chi connectivity index (χ2n) is 3.05. The quantitative estimate of drug-likeness (QED) is 0.417. The van der Waals surface area contributed by atoms with Gasteiger partial charge >= 0.3 is 0 Å². The summed E-state index contributed by atoms with van der Waals surface area (Å²) in [5.41, 5.74) is 0. The predicted octanol–water partition coefficient (Wildman–Crippen LogP) is 2.08. The first-order chi connectivity index (χ1) is 5.81. The summed E-state index contributed by atoms with van der Waals surface area (Å²) in [6.45, 7) is 1.56. The molecule has 0 bridgehead atoms. The van der Waals surface area contributed by atoms with Crippen LogP contribution in [0.1, 0.15) is 25.7 Å². The lowest BCUT2D eigenvalue weighted by atomic mass is 10.2. The van der Waals surface area contributed by atoms with E-state index in [0.717, 1.165) is 25.8 Å². The molecule has 0 aliphatic rings. The van der Waals surface area contributed by atoms with Gasteiger partial charge in [-0.05, 0) is 26.4 Å². The highest BCUT2D eigenvalue weighted by Gasteiger charge is 1.94. The predicted molar refractivity (Wildman–Crippen MR) is 50.8 cm³/mol.